The van der Waals surface area contributed by atoms with Crippen molar-refractivity contribution in [3.8, 4) is 11.8 Å². The number of carbonyl (C=O) groups excluding carboxylic acids is 1. The molecular weight excluding hydrogens is 294 g/mol. The van der Waals surface area contributed by atoms with E-state index in [-0.39, 0.29) is 5.41 Å². The van der Waals surface area contributed by atoms with Crippen molar-refractivity contribution >= 4 is 17.2 Å². The molecule has 0 atom stereocenters. The summed E-state index contributed by atoms with van der Waals surface area (Å²) in [6, 6.07) is 17.8. The van der Waals surface area contributed by atoms with Gasteiger partial charge in [-0.2, -0.15) is 0 Å². The molecular formula is C22H19NO. The van der Waals surface area contributed by atoms with Crippen LogP contribution in [0.25, 0.3) is 10.9 Å². The summed E-state index contributed by atoms with van der Waals surface area (Å²) in [6.07, 6.45) is 0.812. The quantitative estimate of drug-likeness (QED) is 0.479. The highest BCUT2D eigenvalue weighted by Gasteiger charge is 2.12. The number of fused-ring (bicyclic) bond motifs is 1. The van der Waals surface area contributed by atoms with Gasteiger partial charge in [0, 0.05) is 16.5 Å². The minimum absolute atomic E-state index is 0.122. The Morgan fingerprint density at radius 2 is 1.67 bits per heavy atom. The Morgan fingerprint density at radius 1 is 0.958 bits per heavy atom. The zero-order valence-corrected chi connectivity index (χ0v) is 14.1. The first-order chi connectivity index (χ1) is 11.5. The van der Waals surface area contributed by atoms with Crippen molar-refractivity contribution in [2.24, 2.45) is 0 Å². The third kappa shape index (κ3) is 3.36. The van der Waals surface area contributed by atoms with Crippen LogP contribution >= 0.6 is 0 Å². The molecule has 0 saturated heterocycles. The predicted octanol–water partition coefficient (Wildman–Crippen LogP) is 4.74. The van der Waals surface area contributed by atoms with Crippen LogP contribution in [0.2, 0.25) is 0 Å². The van der Waals surface area contributed by atoms with E-state index >= 15 is 0 Å². The first-order valence-electron chi connectivity index (χ1n) is 7.95. The minimum Gasteiger partial charge on any atom is -0.298 e. The largest absolute Gasteiger partial charge is 0.298 e. The molecule has 24 heavy (non-hydrogen) atoms. The van der Waals surface area contributed by atoms with E-state index < -0.39 is 0 Å². The van der Waals surface area contributed by atoms with Crippen LogP contribution in [0, 0.1) is 11.8 Å². The first-order valence-corrected chi connectivity index (χ1v) is 7.95. The van der Waals surface area contributed by atoms with Gasteiger partial charge in [0.25, 0.3) is 0 Å². The molecule has 0 spiro atoms. The monoisotopic (exact) mass is 313 g/mol. The van der Waals surface area contributed by atoms with Crippen LogP contribution < -0.4 is 0 Å². The molecule has 0 fully saturated rings. The zero-order chi connectivity index (χ0) is 17.2. The molecule has 0 N–H and O–H groups in total. The van der Waals surface area contributed by atoms with Gasteiger partial charge >= 0.3 is 0 Å². The molecule has 2 nitrogen and oxygen atoms in total. The van der Waals surface area contributed by atoms with Gasteiger partial charge in [0.15, 0.2) is 6.29 Å². The third-order valence-corrected chi connectivity index (χ3v) is 3.96. The molecule has 0 aliphatic carbocycles. The fraction of sp³-hybridized carbons (Fsp3) is 0.182. The maximum Gasteiger partial charge on any atom is 0.152 e. The molecule has 0 aliphatic heterocycles. The van der Waals surface area contributed by atoms with Crippen LogP contribution in [0.1, 0.15) is 48.0 Å². The van der Waals surface area contributed by atoms with Gasteiger partial charge in [-0.15, -0.1) is 0 Å². The van der Waals surface area contributed by atoms with Gasteiger partial charge in [-0.1, -0.05) is 57.0 Å². The molecule has 2 heteroatoms. The molecule has 0 saturated carbocycles. The molecule has 0 amide bonds. The number of hydrogen-bond donors (Lipinski definition) is 0. The van der Waals surface area contributed by atoms with Crippen LogP contribution in [0.15, 0.2) is 54.6 Å². The lowest BCUT2D eigenvalue weighted by Crippen LogP contribution is -2.10. The van der Waals surface area contributed by atoms with E-state index in [1.807, 2.05) is 42.5 Å². The zero-order valence-electron chi connectivity index (χ0n) is 14.1. The van der Waals surface area contributed by atoms with Crippen LogP contribution in [0.3, 0.4) is 0 Å². The molecule has 0 unspecified atom stereocenters. The SMILES string of the molecule is CC(C)(C)c1ccc(C#Cc2nc3ccccc3cc2C=O)cc1. The van der Waals surface area contributed by atoms with Gasteiger partial charge in [-0.3, -0.25) is 4.79 Å². The summed E-state index contributed by atoms with van der Waals surface area (Å²) in [7, 11) is 0. The summed E-state index contributed by atoms with van der Waals surface area (Å²) < 4.78 is 0. The van der Waals surface area contributed by atoms with E-state index in [0.717, 1.165) is 22.8 Å². The van der Waals surface area contributed by atoms with Crippen molar-refractivity contribution in [3.05, 3.63) is 77.0 Å². The Bertz CT molecular complexity index is 951. The van der Waals surface area contributed by atoms with Gasteiger partial charge in [0.2, 0.25) is 0 Å². The Morgan fingerprint density at radius 3 is 2.33 bits per heavy atom. The molecule has 0 bridgehead atoms. The number of rotatable bonds is 1. The molecule has 3 aromatic rings. The van der Waals surface area contributed by atoms with E-state index in [2.05, 4.69) is 49.7 Å². The number of hydrogen-bond acceptors (Lipinski definition) is 2. The fourth-order valence-electron chi connectivity index (χ4n) is 2.51. The Labute approximate surface area is 142 Å². The van der Waals surface area contributed by atoms with E-state index in [9.17, 15) is 4.79 Å². The van der Waals surface area contributed by atoms with Crippen molar-refractivity contribution in [2.45, 2.75) is 26.2 Å². The van der Waals surface area contributed by atoms with Crippen molar-refractivity contribution in [2.75, 3.05) is 0 Å². The third-order valence-electron chi connectivity index (χ3n) is 3.96. The number of pyridine rings is 1. The van der Waals surface area contributed by atoms with Crippen LogP contribution in [-0.2, 0) is 5.41 Å². The van der Waals surface area contributed by atoms with Crippen molar-refractivity contribution < 1.29 is 4.79 Å². The highest BCUT2D eigenvalue weighted by molar-refractivity contribution is 5.88. The van der Waals surface area contributed by atoms with E-state index in [4.69, 9.17) is 0 Å². The minimum atomic E-state index is 0.122. The summed E-state index contributed by atoms with van der Waals surface area (Å²) in [5.74, 6) is 6.15. The summed E-state index contributed by atoms with van der Waals surface area (Å²) in [5.41, 5.74) is 4.18. The molecule has 1 heterocycles. The van der Waals surface area contributed by atoms with Gasteiger partial charge in [-0.05, 0) is 41.2 Å². The molecule has 2 aromatic carbocycles. The standard InChI is InChI=1S/C22H19NO/c1-22(2,3)19-11-8-16(9-12-19)10-13-21-18(15-24)14-17-6-4-5-7-20(17)23-21/h4-9,11-12,14-15H,1-3H3. The van der Waals surface area contributed by atoms with Crippen LogP contribution in [0.5, 0.6) is 0 Å². The lowest BCUT2D eigenvalue weighted by molar-refractivity contribution is 0.112. The van der Waals surface area contributed by atoms with Crippen molar-refractivity contribution in [3.63, 3.8) is 0 Å². The Kier molecular flexibility index (Phi) is 4.18. The lowest BCUT2D eigenvalue weighted by Gasteiger charge is -2.18. The molecule has 118 valence electrons. The van der Waals surface area contributed by atoms with Gasteiger partial charge in [-0.25, -0.2) is 4.98 Å². The van der Waals surface area contributed by atoms with Gasteiger partial charge in [0.05, 0.1) is 5.52 Å². The smallest absolute Gasteiger partial charge is 0.152 e. The second-order valence-corrected chi connectivity index (χ2v) is 6.81. The summed E-state index contributed by atoms with van der Waals surface area (Å²) >= 11 is 0. The lowest BCUT2D eigenvalue weighted by atomic mass is 9.87. The second-order valence-electron chi connectivity index (χ2n) is 6.81. The Balaban J connectivity index is 1.98. The molecule has 0 aliphatic rings. The van der Waals surface area contributed by atoms with Gasteiger partial charge < -0.3 is 0 Å². The van der Waals surface area contributed by atoms with Gasteiger partial charge in [0.1, 0.15) is 5.69 Å². The van der Waals surface area contributed by atoms with Crippen LogP contribution in [-0.4, -0.2) is 11.3 Å². The topological polar surface area (TPSA) is 30.0 Å². The molecule has 0 radical (unpaired) electrons. The average molecular weight is 313 g/mol. The first kappa shape index (κ1) is 16.0. The number of carbonyl (C=O) groups is 1. The maximum atomic E-state index is 11.3. The number of nitrogens with zero attached hydrogens (tertiary/aromatic N) is 1. The normalized spacial score (nSPS) is 11.0. The maximum absolute atomic E-state index is 11.3. The highest BCUT2D eigenvalue weighted by atomic mass is 16.1. The fourth-order valence-corrected chi connectivity index (χ4v) is 2.51. The average Bonchev–Trinajstić information content (AvgIpc) is 2.58. The Hall–Kier alpha value is -2.92. The van der Waals surface area contributed by atoms with Crippen molar-refractivity contribution in [1.29, 1.82) is 0 Å². The molecule has 1 aromatic heterocycles. The number of aromatic nitrogens is 1. The number of para-hydroxylation sites is 1. The summed E-state index contributed by atoms with van der Waals surface area (Å²) in [5, 5.41) is 0.944. The van der Waals surface area contributed by atoms with E-state index in [1.54, 1.807) is 0 Å². The van der Waals surface area contributed by atoms with E-state index in [1.165, 1.54) is 5.56 Å². The van der Waals surface area contributed by atoms with Crippen LogP contribution in [0.4, 0.5) is 0 Å². The predicted molar refractivity (Wildman–Crippen MR) is 98.3 cm³/mol. The highest BCUT2D eigenvalue weighted by Crippen LogP contribution is 2.22. The summed E-state index contributed by atoms with van der Waals surface area (Å²) in [4.78, 5) is 15.8. The molecule has 3 rings (SSSR count). The number of aldehydes is 1. The summed E-state index contributed by atoms with van der Waals surface area (Å²) in [6.45, 7) is 6.55. The van der Waals surface area contributed by atoms with Crippen molar-refractivity contribution in [1.82, 2.24) is 4.98 Å². The number of benzene rings is 2. The van der Waals surface area contributed by atoms with E-state index in [0.29, 0.717) is 11.3 Å². The second kappa shape index (κ2) is 6.29.